The van der Waals surface area contributed by atoms with Crippen LogP contribution in [0.5, 0.6) is 5.75 Å². The van der Waals surface area contributed by atoms with Crippen LogP contribution in [0.15, 0.2) is 18.2 Å². The topological polar surface area (TPSA) is 38.7 Å². The molecule has 15 heavy (non-hydrogen) atoms. The summed E-state index contributed by atoms with van der Waals surface area (Å²) in [6.07, 6.45) is 0.798. The minimum Gasteiger partial charge on any atom is -0.492 e. The number of halogens is 1. The fourth-order valence-electron chi connectivity index (χ4n) is 1.22. The molecule has 84 valence electrons. The van der Waals surface area contributed by atoms with E-state index in [1.54, 1.807) is 25.3 Å². The molecule has 1 aromatic rings. The lowest BCUT2D eigenvalue weighted by Crippen LogP contribution is -2.03. The predicted molar refractivity (Wildman–Crippen MR) is 59.4 cm³/mol. The zero-order valence-electron chi connectivity index (χ0n) is 8.70. The molecule has 4 heteroatoms. The van der Waals surface area contributed by atoms with Gasteiger partial charge in [-0.3, -0.25) is 0 Å². The van der Waals surface area contributed by atoms with Gasteiger partial charge in [0.2, 0.25) is 0 Å². The molecule has 0 unspecified atom stereocenters. The molecule has 0 radical (unpaired) electrons. The first-order chi connectivity index (χ1) is 7.29. The number of aliphatic hydroxyl groups excluding tert-OH is 1. The van der Waals surface area contributed by atoms with Crippen LogP contribution >= 0.6 is 11.6 Å². The summed E-state index contributed by atoms with van der Waals surface area (Å²) in [5, 5.41) is 9.61. The first-order valence-corrected chi connectivity index (χ1v) is 5.17. The third-order valence-corrected chi connectivity index (χ3v) is 2.26. The monoisotopic (exact) mass is 230 g/mol. The summed E-state index contributed by atoms with van der Waals surface area (Å²) in [6, 6.07) is 5.32. The fourth-order valence-corrected chi connectivity index (χ4v) is 1.47. The van der Waals surface area contributed by atoms with E-state index >= 15 is 0 Å². The van der Waals surface area contributed by atoms with Gasteiger partial charge in [-0.1, -0.05) is 23.7 Å². The second-order valence-corrected chi connectivity index (χ2v) is 3.49. The van der Waals surface area contributed by atoms with E-state index in [2.05, 4.69) is 0 Å². The molecule has 0 saturated heterocycles. The zero-order valence-corrected chi connectivity index (χ0v) is 9.46. The Labute approximate surface area is 94.6 Å². The lowest BCUT2D eigenvalue weighted by atomic mass is 10.2. The van der Waals surface area contributed by atoms with Crippen molar-refractivity contribution in [1.29, 1.82) is 0 Å². The Bertz CT molecular complexity index is 302. The average Bonchev–Trinajstić information content (AvgIpc) is 2.26. The molecule has 0 spiro atoms. The third kappa shape index (κ3) is 3.70. The lowest BCUT2D eigenvalue weighted by Gasteiger charge is -2.11. The Kier molecular flexibility index (Phi) is 5.47. The summed E-state index contributed by atoms with van der Waals surface area (Å²) >= 11 is 5.95. The van der Waals surface area contributed by atoms with E-state index in [1.807, 2.05) is 0 Å². The van der Waals surface area contributed by atoms with Crippen LogP contribution in [0.2, 0.25) is 5.02 Å². The highest BCUT2D eigenvalue weighted by atomic mass is 35.5. The van der Waals surface area contributed by atoms with Gasteiger partial charge in [0.05, 0.1) is 18.2 Å². The molecule has 1 rings (SSSR count). The quantitative estimate of drug-likeness (QED) is 0.762. The van der Waals surface area contributed by atoms with Crippen molar-refractivity contribution < 1.29 is 14.6 Å². The molecule has 0 aliphatic carbocycles. The number of hydrogen-bond acceptors (Lipinski definition) is 3. The summed E-state index contributed by atoms with van der Waals surface area (Å²) in [4.78, 5) is 0. The van der Waals surface area contributed by atoms with Crippen molar-refractivity contribution in [2.45, 2.75) is 13.0 Å². The summed E-state index contributed by atoms with van der Waals surface area (Å²) in [5.74, 6) is 0.567. The predicted octanol–water partition coefficient (Wildman–Crippen LogP) is 2.25. The van der Waals surface area contributed by atoms with E-state index < -0.39 is 0 Å². The van der Waals surface area contributed by atoms with Gasteiger partial charge < -0.3 is 14.6 Å². The van der Waals surface area contributed by atoms with E-state index in [0.717, 1.165) is 6.42 Å². The van der Waals surface area contributed by atoms with Gasteiger partial charge in [0.1, 0.15) is 5.75 Å². The van der Waals surface area contributed by atoms with E-state index in [1.165, 1.54) is 0 Å². The molecule has 0 atom stereocenters. The summed E-state index contributed by atoms with van der Waals surface area (Å²) in [5.41, 5.74) is 0.708. The number of methoxy groups -OCH3 is 1. The normalized spacial score (nSPS) is 10.3. The minimum atomic E-state index is -0.0693. The van der Waals surface area contributed by atoms with Crippen LogP contribution in [-0.4, -0.2) is 25.4 Å². The van der Waals surface area contributed by atoms with Crippen LogP contribution < -0.4 is 4.74 Å². The van der Waals surface area contributed by atoms with Crippen molar-refractivity contribution in [2.24, 2.45) is 0 Å². The second-order valence-electron chi connectivity index (χ2n) is 3.08. The molecule has 1 aromatic carbocycles. The van der Waals surface area contributed by atoms with Crippen molar-refractivity contribution in [3.63, 3.8) is 0 Å². The molecule has 0 saturated carbocycles. The first-order valence-electron chi connectivity index (χ1n) is 4.79. The lowest BCUT2D eigenvalue weighted by molar-refractivity contribution is 0.170. The number of para-hydroxylation sites is 1. The van der Waals surface area contributed by atoms with Crippen molar-refractivity contribution >= 4 is 11.6 Å². The van der Waals surface area contributed by atoms with Crippen LogP contribution in [0, 0.1) is 0 Å². The van der Waals surface area contributed by atoms with Gasteiger partial charge in [0.25, 0.3) is 0 Å². The molecule has 0 fully saturated rings. The van der Waals surface area contributed by atoms with E-state index in [9.17, 15) is 0 Å². The Morgan fingerprint density at radius 2 is 2.13 bits per heavy atom. The van der Waals surface area contributed by atoms with Crippen molar-refractivity contribution in [1.82, 2.24) is 0 Å². The Balaban J connectivity index is 2.58. The van der Waals surface area contributed by atoms with Crippen molar-refractivity contribution in [2.75, 3.05) is 20.3 Å². The molecule has 1 N–H and O–H groups in total. The first kappa shape index (κ1) is 12.3. The molecule has 0 aromatic heterocycles. The Morgan fingerprint density at radius 1 is 1.33 bits per heavy atom. The van der Waals surface area contributed by atoms with Crippen LogP contribution in [0.25, 0.3) is 0 Å². The molecule has 0 heterocycles. The van der Waals surface area contributed by atoms with E-state index in [4.69, 9.17) is 26.2 Å². The van der Waals surface area contributed by atoms with Gasteiger partial charge in [-0.15, -0.1) is 0 Å². The fraction of sp³-hybridized carbons (Fsp3) is 0.455. The molecule has 0 bridgehead atoms. The molecule has 0 aliphatic heterocycles. The summed E-state index contributed by atoms with van der Waals surface area (Å²) < 4.78 is 10.4. The van der Waals surface area contributed by atoms with Crippen molar-refractivity contribution in [3.05, 3.63) is 28.8 Å². The smallest absolute Gasteiger partial charge is 0.143 e. The number of aliphatic hydroxyl groups is 1. The van der Waals surface area contributed by atoms with Gasteiger partial charge >= 0.3 is 0 Å². The number of rotatable bonds is 6. The van der Waals surface area contributed by atoms with Gasteiger partial charge in [-0.2, -0.15) is 0 Å². The SMILES string of the molecule is COCCCOc1c(Cl)cccc1CO. The largest absolute Gasteiger partial charge is 0.492 e. The van der Waals surface area contributed by atoms with Crippen molar-refractivity contribution in [3.8, 4) is 5.75 Å². The Hall–Kier alpha value is -0.770. The highest BCUT2D eigenvalue weighted by Crippen LogP contribution is 2.28. The van der Waals surface area contributed by atoms with Crippen LogP contribution in [0.3, 0.4) is 0 Å². The van der Waals surface area contributed by atoms with Crippen LogP contribution in [0.4, 0.5) is 0 Å². The number of ether oxygens (including phenoxy) is 2. The van der Waals surface area contributed by atoms with Gasteiger partial charge in [0, 0.05) is 25.7 Å². The highest BCUT2D eigenvalue weighted by Gasteiger charge is 2.06. The molecule has 3 nitrogen and oxygen atoms in total. The van der Waals surface area contributed by atoms with Crippen LogP contribution in [-0.2, 0) is 11.3 Å². The van der Waals surface area contributed by atoms with Gasteiger partial charge in [-0.25, -0.2) is 0 Å². The average molecular weight is 231 g/mol. The van der Waals surface area contributed by atoms with Gasteiger partial charge in [-0.05, 0) is 6.07 Å². The second kappa shape index (κ2) is 6.67. The highest BCUT2D eigenvalue weighted by molar-refractivity contribution is 6.32. The minimum absolute atomic E-state index is 0.0693. The third-order valence-electron chi connectivity index (χ3n) is 1.96. The zero-order chi connectivity index (χ0) is 11.1. The summed E-state index contributed by atoms with van der Waals surface area (Å²) in [6.45, 7) is 1.11. The summed E-state index contributed by atoms with van der Waals surface area (Å²) in [7, 11) is 1.65. The van der Waals surface area contributed by atoms with E-state index in [-0.39, 0.29) is 6.61 Å². The maximum atomic E-state index is 9.08. The molecular formula is C11H15ClO3. The number of benzene rings is 1. The molecule has 0 aliphatic rings. The van der Waals surface area contributed by atoms with Crippen LogP contribution in [0.1, 0.15) is 12.0 Å². The Morgan fingerprint density at radius 3 is 2.80 bits per heavy atom. The standard InChI is InChI=1S/C11H15ClO3/c1-14-6-3-7-15-11-9(8-13)4-2-5-10(11)12/h2,4-5,13H,3,6-8H2,1H3. The molecule has 0 amide bonds. The maximum absolute atomic E-state index is 9.08. The maximum Gasteiger partial charge on any atom is 0.143 e. The number of hydrogen-bond donors (Lipinski definition) is 1. The van der Waals surface area contributed by atoms with Gasteiger partial charge in [0.15, 0.2) is 0 Å². The molecular weight excluding hydrogens is 216 g/mol. The van der Waals surface area contributed by atoms with E-state index in [0.29, 0.717) is 29.5 Å².